The number of nitrogens with one attached hydrogen (secondary N) is 3. The minimum Gasteiger partial charge on any atom is -0.378 e. The molecule has 0 amide bonds. The lowest BCUT2D eigenvalue weighted by atomic mass is 10.1. The molecule has 0 saturated carbocycles. The fourth-order valence-electron chi connectivity index (χ4n) is 2.08. The van der Waals surface area contributed by atoms with Crippen molar-refractivity contribution in [1.82, 2.24) is 5.32 Å². The molecule has 0 atom stereocenters. The van der Waals surface area contributed by atoms with E-state index in [4.69, 9.17) is 12.2 Å². The molecule has 0 radical (unpaired) electrons. The summed E-state index contributed by atoms with van der Waals surface area (Å²) in [6.07, 6.45) is -4.64. The van der Waals surface area contributed by atoms with Crippen molar-refractivity contribution < 1.29 is 18.1 Å². The van der Waals surface area contributed by atoms with Crippen LogP contribution < -0.4 is 16.0 Å². The van der Waals surface area contributed by atoms with Crippen molar-refractivity contribution in [2.75, 3.05) is 23.7 Å². The van der Waals surface area contributed by atoms with Crippen molar-refractivity contribution in [3.8, 4) is 0 Å². The average Bonchev–Trinajstić information content (AvgIpc) is 2.58. The zero-order valence-electron chi connectivity index (χ0n) is 13.3. The number of alkyl halides is 3. The molecule has 2 rings (SSSR count). The lowest BCUT2D eigenvalue weighted by Crippen LogP contribution is -2.32. The Labute approximate surface area is 152 Å². The van der Waals surface area contributed by atoms with Gasteiger partial charge in [0.1, 0.15) is 5.69 Å². The van der Waals surface area contributed by atoms with Gasteiger partial charge in [-0.05, 0) is 36.5 Å². The zero-order valence-corrected chi connectivity index (χ0v) is 14.2. The van der Waals surface area contributed by atoms with Crippen LogP contribution in [-0.4, -0.2) is 23.1 Å². The smallest absolute Gasteiger partial charge is 0.378 e. The van der Waals surface area contributed by atoms with Crippen LogP contribution in [0.5, 0.6) is 0 Å². The molecule has 0 saturated heterocycles. The summed E-state index contributed by atoms with van der Waals surface area (Å²) in [6.45, 7) is 0.541. The van der Waals surface area contributed by atoms with E-state index >= 15 is 0 Å². The lowest BCUT2D eigenvalue weighted by Gasteiger charge is -2.12. The molecule has 2 aromatic carbocycles. The van der Waals surface area contributed by atoms with Crippen LogP contribution in [0.1, 0.15) is 5.56 Å². The summed E-state index contributed by atoms with van der Waals surface area (Å²) in [6, 6.07) is 11.6. The molecule has 0 aliphatic rings. The Morgan fingerprint density at radius 2 is 1.81 bits per heavy atom. The topological polar surface area (TPSA) is 79.2 Å². The normalized spacial score (nSPS) is 10.9. The molecule has 26 heavy (non-hydrogen) atoms. The standard InChI is InChI=1S/C16H15F3N4O2S/c17-16(18,19)11-6-7-13(14(10-11)23(24)25)20-8-9-21-15(26)22-12-4-2-1-3-5-12/h1-7,10,20H,8-9H2,(H2,21,22,26). The summed E-state index contributed by atoms with van der Waals surface area (Å²) in [7, 11) is 0. The van der Waals surface area contributed by atoms with Crippen molar-refractivity contribution in [2.45, 2.75) is 6.18 Å². The fraction of sp³-hybridized carbons (Fsp3) is 0.188. The van der Waals surface area contributed by atoms with Crippen LogP contribution in [-0.2, 0) is 6.18 Å². The van der Waals surface area contributed by atoms with Gasteiger partial charge in [-0.25, -0.2) is 0 Å². The molecular formula is C16H15F3N4O2S. The van der Waals surface area contributed by atoms with Crippen LogP contribution in [0.15, 0.2) is 48.5 Å². The summed E-state index contributed by atoms with van der Waals surface area (Å²) in [4.78, 5) is 10.1. The Balaban J connectivity index is 1.89. The van der Waals surface area contributed by atoms with E-state index in [0.29, 0.717) is 17.7 Å². The van der Waals surface area contributed by atoms with E-state index < -0.39 is 22.4 Å². The molecule has 0 fully saturated rings. The number of halogens is 3. The molecule has 2 aromatic rings. The summed E-state index contributed by atoms with van der Waals surface area (Å²) >= 11 is 5.11. The van der Waals surface area contributed by atoms with Crippen molar-refractivity contribution >= 4 is 34.4 Å². The highest BCUT2D eigenvalue weighted by Gasteiger charge is 2.32. The molecule has 10 heteroatoms. The number of nitrogens with zero attached hydrogens (tertiary/aromatic N) is 1. The number of anilines is 2. The van der Waals surface area contributed by atoms with E-state index in [1.165, 1.54) is 0 Å². The van der Waals surface area contributed by atoms with Crippen LogP contribution >= 0.6 is 12.2 Å². The molecule has 0 unspecified atom stereocenters. The number of nitro groups is 1. The number of para-hydroxylation sites is 1. The first-order valence-electron chi connectivity index (χ1n) is 7.47. The first-order chi connectivity index (χ1) is 12.3. The van der Waals surface area contributed by atoms with Gasteiger partial charge in [0.2, 0.25) is 0 Å². The van der Waals surface area contributed by atoms with Gasteiger partial charge in [0.25, 0.3) is 5.69 Å². The monoisotopic (exact) mass is 384 g/mol. The van der Waals surface area contributed by atoms with Gasteiger partial charge in [-0.1, -0.05) is 18.2 Å². The van der Waals surface area contributed by atoms with Gasteiger partial charge in [-0.15, -0.1) is 0 Å². The second kappa shape index (κ2) is 8.48. The second-order valence-corrected chi connectivity index (χ2v) is 5.57. The summed E-state index contributed by atoms with van der Waals surface area (Å²) in [5, 5.41) is 19.9. The Morgan fingerprint density at radius 1 is 1.12 bits per heavy atom. The summed E-state index contributed by atoms with van der Waals surface area (Å²) < 4.78 is 38.0. The lowest BCUT2D eigenvalue weighted by molar-refractivity contribution is -0.384. The predicted molar refractivity (Wildman–Crippen MR) is 97.3 cm³/mol. The summed E-state index contributed by atoms with van der Waals surface area (Å²) in [5.41, 5.74) is -0.894. The third kappa shape index (κ3) is 5.59. The van der Waals surface area contributed by atoms with Crippen LogP contribution in [0.2, 0.25) is 0 Å². The first-order valence-corrected chi connectivity index (χ1v) is 7.87. The predicted octanol–water partition coefficient (Wildman–Crippen LogP) is 4.01. The van der Waals surface area contributed by atoms with Gasteiger partial charge in [0.15, 0.2) is 5.11 Å². The number of thiocarbonyl (C=S) groups is 1. The molecule has 0 heterocycles. The highest BCUT2D eigenvalue weighted by atomic mass is 32.1. The largest absolute Gasteiger partial charge is 0.416 e. The Kier molecular flexibility index (Phi) is 6.34. The number of hydrogen-bond donors (Lipinski definition) is 3. The van der Waals surface area contributed by atoms with Crippen LogP contribution in [0, 0.1) is 10.1 Å². The highest BCUT2D eigenvalue weighted by Crippen LogP contribution is 2.34. The Bertz CT molecular complexity index is 785. The van der Waals surface area contributed by atoms with Crippen LogP contribution in [0.3, 0.4) is 0 Å². The SMILES string of the molecule is O=[N+]([O-])c1cc(C(F)(F)F)ccc1NCCNC(=S)Nc1ccccc1. The van der Waals surface area contributed by atoms with E-state index in [9.17, 15) is 23.3 Å². The van der Waals surface area contributed by atoms with Crippen molar-refractivity contribution in [2.24, 2.45) is 0 Å². The first kappa shape index (κ1) is 19.4. The zero-order chi connectivity index (χ0) is 19.2. The Morgan fingerprint density at radius 3 is 2.42 bits per heavy atom. The van der Waals surface area contributed by atoms with Gasteiger partial charge < -0.3 is 16.0 Å². The molecule has 0 aromatic heterocycles. The fourth-order valence-corrected chi connectivity index (χ4v) is 2.30. The van der Waals surface area contributed by atoms with Gasteiger partial charge >= 0.3 is 6.18 Å². The third-order valence-corrected chi connectivity index (χ3v) is 3.53. The van der Waals surface area contributed by atoms with E-state index in [0.717, 1.165) is 17.8 Å². The molecular weight excluding hydrogens is 369 g/mol. The molecule has 6 nitrogen and oxygen atoms in total. The highest BCUT2D eigenvalue weighted by molar-refractivity contribution is 7.80. The molecule has 3 N–H and O–H groups in total. The minimum absolute atomic E-state index is 0.00624. The van der Waals surface area contributed by atoms with E-state index in [1.54, 1.807) is 0 Å². The number of rotatable bonds is 6. The average molecular weight is 384 g/mol. The quantitative estimate of drug-likeness (QED) is 0.302. The molecule has 0 aliphatic heterocycles. The van der Waals surface area contributed by atoms with Gasteiger partial charge in [0.05, 0.1) is 10.5 Å². The number of benzene rings is 2. The summed E-state index contributed by atoms with van der Waals surface area (Å²) in [5.74, 6) is 0. The van der Waals surface area contributed by atoms with Crippen LogP contribution in [0.25, 0.3) is 0 Å². The molecule has 0 bridgehead atoms. The third-order valence-electron chi connectivity index (χ3n) is 3.28. The molecule has 0 spiro atoms. The number of hydrogen-bond acceptors (Lipinski definition) is 4. The van der Waals surface area contributed by atoms with Crippen molar-refractivity contribution in [3.05, 3.63) is 64.2 Å². The molecule has 0 aliphatic carbocycles. The maximum absolute atomic E-state index is 12.7. The van der Waals surface area contributed by atoms with Gasteiger partial charge in [-0.2, -0.15) is 13.2 Å². The van der Waals surface area contributed by atoms with Crippen molar-refractivity contribution in [1.29, 1.82) is 0 Å². The number of nitro benzene ring substituents is 1. The van der Waals surface area contributed by atoms with Crippen molar-refractivity contribution in [3.63, 3.8) is 0 Å². The maximum Gasteiger partial charge on any atom is 0.416 e. The van der Waals surface area contributed by atoms with E-state index in [1.807, 2.05) is 30.3 Å². The second-order valence-electron chi connectivity index (χ2n) is 5.16. The molecule has 138 valence electrons. The van der Waals surface area contributed by atoms with E-state index in [2.05, 4.69) is 16.0 Å². The maximum atomic E-state index is 12.7. The van der Waals surface area contributed by atoms with Crippen LogP contribution in [0.4, 0.5) is 30.2 Å². The Hall–Kier alpha value is -2.88. The van der Waals surface area contributed by atoms with Gasteiger partial charge in [0, 0.05) is 24.8 Å². The van der Waals surface area contributed by atoms with E-state index in [-0.39, 0.29) is 12.2 Å². The minimum atomic E-state index is -4.64. The van der Waals surface area contributed by atoms with Gasteiger partial charge in [-0.3, -0.25) is 10.1 Å².